The molecule has 0 amide bonds. The zero-order valence-electron chi connectivity index (χ0n) is 15.0. The van der Waals surface area contributed by atoms with E-state index in [1.54, 1.807) is 11.8 Å². The van der Waals surface area contributed by atoms with Crippen LogP contribution in [0.3, 0.4) is 0 Å². The van der Waals surface area contributed by atoms with Crippen LogP contribution in [-0.2, 0) is 6.54 Å². The molecule has 27 heavy (non-hydrogen) atoms. The number of hydrogen-bond acceptors (Lipinski definition) is 6. The average Bonchev–Trinajstić information content (AvgIpc) is 2.61. The number of carbonyl (C=O) groups is 1. The Labute approximate surface area is 153 Å². The Morgan fingerprint density at radius 3 is 2.48 bits per heavy atom. The fraction of sp³-hybridized carbons (Fsp3) is 0.412. The molecule has 0 bridgehead atoms. The molecule has 3 N–H and O–H groups in total. The summed E-state index contributed by atoms with van der Waals surface area (Å²) in [4.78, 5) is 27.0. The summed E-state index contributed by atoms with van der Waals surface area (Å²) < 4.78 is 35.8. The minimum atomic E-state index is -1.74. The maximum absolute atomic E-state index is 15.3. The number of piperazine rings is 1. The van der Waals surface area contributed by atoms with Crippen LogP contribution in [0.1, 0.15) is 6.92 Å². The van der Waals surface area contributed by atoms with Crippen LogP contribution in [0.15, 0.2) is 10.9 Å². The van der Waals surface area contributed by atoms with Crippen molar-refractivity contribution in [3.8, 4) is 5.75 Å². The van der Waals surface area contributed by atoms with Crippen LogP contribution in [0.2, 0.25) is 0 Å². The normalized spacial score (nSPS) is 15.3. The summed E-state index contributed by atoms with van der Waals surface area (Å²) in [5.41, 5.74) is 4.49. The van der Waals surface area contributed by atoms with Crippen LogP contribution in [0.25, 0.3) is 10.9 Å². The maximum atomic E-state index is 15.3. The van der Waals surface area contributed by atoms with Gasteiger partial charge >= 0.3 is 6.16 Å². The quantitative estimate of drug-likeness (QED) is 0.779. The molecule has 0 spiro atoms. The van der Waals surface area contributed by atoms with Crippen molar-refractivity contribution in [1.29, 1.82) is 0 Å². The summed E-state index contributed by atoms with van der Waals surface area (Å²) in [6, 6.07) is 0.911. The predicted octanol–water partition coefficient (Wildman–Crippen LogP) is 1.69. The molecule has 1 fully saturated rings. The van der Waals surface area contributed by atoms with Crippen LogP contribution in [-0.4, -0.2) is 54.0 Å². The molecule has 0 radical (unpaired) electrons. The highest BCUT2D eigenvalue weighted by Gasteiger charge is 2.27. The van der Waals surface area contributed by atoms with Gasteiger partial charge in [-0.1, -0.05) is 0 Å². The van der Waals surface area contributed by atoms with Crippen molar-refractivity contribution in [3.63, 3.8) is 0 Å². The lowest BCUT2D eigenvalue weighted by Crippen LogP contribution is -2.45. The van der Waals surface area contributed by atoms with Gasteiger partial charge in [-0.3, -0.25) is 4.79 Å². The molecule has 1 aromatic carbocycles. The molecule has 146 valence electrons. The Kier molecular flexibility index (Phi) is 4.92. The second-order valence-electron chi connectivity index (χ2n) is 6.36. The summed E-state index contributed by atoms with van der Waals surface area (Å²) >= 11 is 0. The van der Waals surface area contributed by atoms with Gasteiger partial charge in [0.25, 0.3) is 0 Å². The van der Waals surface area contributed by atoms with Gasteiger partial charge in [-0.2, -0.15) is 0 Å². The number of nitrogens with zero attached hydrogens (tertiary/aromatic N) is 3. The number of nitrogens with two attached hydrogens (primary N) is 1. The lowest BCUT2D eigenvalue weighted by atomic mass is 10.1. The van der Waals surface area contributed by atoms with Crippen molar-refractivity contribution < 1.29 is 23.4 Å². The number of likely N-dealkylation sites (N-methyl/N-ethyl adjacent to an activating group) is 1. The summed E-state index contributed by atoms with van der Waals surface area (Å²) in [5, 5.41) is 8.49. The van der Waals surface area contributed by atoms with Crippen molar-refractivity contribution in [2.75, 3.05) is 43.9 Å². The van der Waals surface area contributed by atoms with E-state index in [-0.39, 0.29) is 29.0 Å². The van der Waals surface area contributed by atoms with Gasteiger partial charge in [-0.15, -0.1) is 0 Å². The number of fused-ring (bicyclic) bond motifs is 1. The maximum Gasteiger partial charge on any atom is 0.511 e. The number of benzene rings is 1. The number of hydrogen-bond donors (Lipinski definition) is 2. The number of anilines is 2. The van der Waals surface area contributed by atoms with Gasteiger partial charge in [0.1, 0.15) is 11.5 Å². The number of pyridine rings is 1. The number of rotatable bonds is 3. The molecule has 2 aromatic rings. The van der Waals surface area contributed by atoms with E-state index >= 15 is 4.39 Å². The highest BCUT2D eigenvalue weighted by molar-refractivity contribution is 5.88. The van der Waals surface area contributed by atoms with Crippen molar-refractivity contribution in [2.24, 2.45) is 0 Å². The summed E-state index contributed by atoms with van der Waals surface area (Å²) in [7, 11) is 1.92. The first kappa shape index (κ1) is 18.9. The van der Waals surface area contributed by atoms with Crippen LogP contribution in [0.4, 0.5) is 25.1 Å². The number of halogens is 2. The van der Waals surface area contributed by atoms with E-state index in [0.29, 0.717) is 26.2 Å². The standard InChI is InChI=1S/C17H20F2N4O4/c1-3-23-12-9(14(24)15(16(23)20)27-17(25)26)8-10(18)13(11(12)19)22-6-4-21(2)5-7-22/h8H,3-7,20H2,1-2H3,(H,25,26). The predicted molar refractivity (Wildman–Crippen MR) is 96.6 cm³/mol. The van der Waals surface area contributed by atoms with Gasteiger partial charge in [-0.25, -0.2) is 13.6 Å². The summed E-state index contributed by atoms with van der Waals surface area (Å²) in [6.07, 6.45) is -1.74. The van der Waals surface area contributed by atoms with E-state index in [1.165, 1.54) is 4.57 Å². The SMILES string of the molecule is CCn1c(N)c(OC(=O)O)c(=O)c2cc(F)c(N3CCN(C)CC3)c(F)c21. The first-order valence-electron chi connectivity index (χ1n) is 8.44. The van der Waals surface area contributed by atoms with Gasteiger partial charge in [0, 0.05) is 32.7 Å². The van der Waals surface area contributed by atoms with Gasteiger partial charge in [0.2, 0.25) is 11.2 Å². The van der Waals surface area contributed by atoms with E-state index < -0.39 is 29.0 Å². The first-order chi connectivity index (χ1) is 12.8. The third-order valence-electron chi connectivity index (χ3n) is 4.74. The lowest BCUT2D eigenvalue weighted by Gasteiger charge is -2.34. The number of carboxylic acid groups (broad SMARTS) is 1. The van der Waals surface area contributed by atoms with Gasteiger partial charge in [0.05, 0.1) is 10.9 Å². The van der Waals surface area contributed by atoms with Crippen LogP contribution in [0, 0.1) is 11.6 Å². The van der Waals surface area contributed by atoms with Crippen molar-refractivity contribution >= 4 is 28.6 Å². The molecular formula is C17H20F2N4O4. The molecule has 1 aliphatic rings. The highest BCUT2D eigenvalue weighted by Crippen LogP contribution is 2.33. The zero-order chi connectivity index (χ0) is 19.9. The fourth-order valence-electron chi connectivity index (χ4n) is 3.35. The van der Waals surface area contributed by atoms with E-state index in [1.807, 2.05) is 11.9 Å². The summed E-state index contributed by atoms with van der Waals surface area (Å²) in [5.74, 6) is -2.78. The molecule has 10 heteroatoms. The van der Waals surface area contributed by atoms with E-state index in [0.717, 1.165) is 6.07 Å². The molecule has 0 saturated carbocycles. The summed E-state index contributed by atoms with van der Waals surface area (Å²) in [6.45, 7) is 3.92. The molecule has 0 aliphatic carbocycles. The van der Waals surface area contributed by atoms with Crippen LogP contribution < -0.4 is 20.8 Å². The molecule has 1 saturated heterocycles. The highest BCUT2D eigenvalue weighted by atomic mass is 19.1. The van der Waals surface area contributed by atoms with Crippen molar-refractivity contribution in [1.82, 2.24) is 9.47 Å². The van der Waals surface area contributed by atoms with Gasteiger partial charge in [0.15, 0.2) is 11.6 Å². The largest absolute Gasteiger partial charge is 0.511 e. The smallest absolute Gasteiger partial charge is 0.449 e. The third kappa shape index (κ3) is 3.16. The fourth-order valence-corrected chi connectivity index (χ4v) is 3.35. The Morgan fingerprint density at radius 1 is 1.30 bits per heavy atom. The van der Waals surface area contributed by atoms with Crippen molar-refractivity contribution in [2.45, 2.75) is 13.5 Å². The third-order valence-corrected chi connectivity index (χ3v) is 4.74. The molecule has 1 aliphatic heterocycles. The van der Waals surface area contributed by atoms with Crippen molar-refractivity contribution in [3.05, 3.63) is 27.9 Å². The van der Waals surface area contributed by atoms with Gasteiger partial charge in [-0.05, 0) is 20.0 Å². The molecule has 0 atom stereocenters. The zero-order valence-corrected chi connectivity index (χ0v) is 15.0. The Hall–Kier alpha value is -2.88. The second-order valence-corrected chi connectivity index (χ2v) is 6.36. The first-order valence-corrected chi connectivity index (χ1v) is 8.44. The Bertz CT molecular complexity index is 968. The molecule has 1 aromatic heterocycles. The molecule has 8 nitrogen and oxygen atoms in total. The molecular weight excluding hydrogens is 362 g/mol. The minimum absolute atomic E-state index is 0.128. The lowest BCUT2D eigenvalue weighted by molar-refractivity contribution is 0.144. The van der Waals surface area contributed by atoms with Crippen LogP contribution in [0.5, 0.6) is 5.75 Å². The van der Waals surface area contributed by atoms with Gasteiger partial charge < -0.3 is 29.9 Å². The van der Waals surface area contributed by atoms with E-state index in [2.05, 4.69) is 4.74 Å². The second kappa shape index (κ2) is 7.03. The van der Waals surface area contributed by atoms with E-state index in [9.17, 15) is 14.0 Å². The number of aryl methyl sites for hydroxylation is 1. The monoisotopic (exact) mass is 382 g/mol. The molecule has 2 heterocycles. The minimum Gasteiger partial charge on any atom is -0.449 e. The topological polar surface area (TPSA) is 101 Å². The molecule has 3 rings (SSSR count). The number of ether oxygens (including phenoxy) is 1. The Balaban J connectivity index is 2.29. The van der Waals surface area contributed by atoms with E-state index in [4.69, 9.17) is 10.8 Å². The Morgan fingerprint density at radius 2 is 1.93 bits per heavy atom. The number of nitrogen functional groups attached to an aromatic ring is 1. The molecule has 0 unspecified atom stereocenters. The average molecular weight is 382 g/mol. The van der Waals surface area contributed by atoms with Crippen LogP contribution >= 0.6 is 0 Å². The number of aromatic nitrogens is 1.